The van der Waals surface area contributed by atoms with Crippen molar-refractivity contribution in [3.8, 4) is 5.69 Å². The third-order valence-corrected chi connectivity index (χ3v) is 6.49. The number of pyridine rings is 2. The number of nitrogens with one attached hydrogen (secondary N) is 1. The number of carbonyl (C=O) groups is 1. The molecule has 2 aromatic heterocycles. The van der Waals surface area contributed by atoms with Gasteiger partial charge in [0.1, 0.15) is 11.1 Å². The Bertz CT molecular complexity index is 1420. The molecule has 0 aliphatic rings. The second-order valence-electron chi connectivity index (χ2n) is 7.61. The van der Waals surface area contributed by atoms with E-state index < -0.39 is 33.8 Å². The van der Waals surface area contributed by atoms with Gasteiger partial charge in [0.05, 0.1) is 16.0 Å². The van der Waals surface area contributed by atoms with Crippen LogP contribution >= 0.6 is 11.8 Å². The van der Waals surface area contributed by atoms with Crippen molar-refractivity contribution in [2.24, 2.45) is 0 Å². The fraction of sp³-hybridized carbons (Fsp3) is 0.160. The molecule has 2 N–H and O–H groups in total. The van der Waals surface area contributed by atoms with Crippen molar-refractivity contribution in [3.05, 3.63) is 88.6 Å². The average Bonchev–Trinajstić information content (AvgIpc) is 2.82. The highest BCUT2D eigenvalue weighted by atomic mass is 32.2. The van der Waals surface area contributed by atoms with Gasteiger partial charge in [0.2, 0.25) is 0 Å². The Morgan fingerprint density at radius 3 is 2.29 bits per heavy atom. The lowest BCUT2D eigenvalue weighted by atomic mass is 10.1. The van der Waals surface area contributed by atoms with Crippen molar-refractivity contribution in [2.75, 3.05) is 5.32 Å². The zero-order valence-electron chi connectivity index (χ0n) is 18.4. The molecule has 0 radical (unpaired) electrons. The van der Waals surface area contributed by atoms with Gasteiger partial charge < -0.3 is 10.4 Å². The molecule has 0 aliphatic heterocycles. The van der Waals surface area contributed by atoms with Gasteiger partial charge in [0.25, 0.3) is 0 Å². The summed E-state index contributed by atoms with van der Waals surface area (Å²) in [5, 5.41) is 10.8. The first-order valence-corrected chi connectivity index (χ1v) is 11.5. The third-order valence-electron chi connectivity index (χ3n) is 5.22. The van der Waals surface area contributed by atoms with Gasteiger partial charge in [-0.25, -0.2) is 4.98 Å². The van der Waals surface area contributed by atoms with E-state index in [2.05, 4.69) is 10.3 Å². The van der Waals surface area contributed by atoms with Gasteiger partial charge in [-0.1, -0.05) is 55.1 Å². The molecule has 1 unspecified atom stereocenters. The van der Waals surface area contributed by atoms with Crippen LogP contribution in [0.15, 0.2) is 82.6 Å². The van der Waals surface area contributed by atoms with Crippen molar-refractivity contribution in [1.29, 1.82) is 0 Å². The molecule has 6 nitrogen and oxygen atoms in total. The molecule has 4 rings (SSSR count). The Hall–Kier alpha value is -3.79. The number of thioether (sulfide) groups is 1. The Balaban J connectivity index is 2.07. The predicted molar refractivity (Wildman–Crippen MR) is 130 cm³/mol. The van der Waals surface area contributed by atoms with Gasteiger partial charge in [-0.15, -0.1) is 0 Å². The molecule has 0 saturated carbocycles. The Morgan fingerprint density at radius 2 is 1.71 bits per heavy atom. The molecule has 0 spiro atoms. The van der Waals surface area contributed by atoms with Gasteiger partial charge in [-0.2, -0.15) is 13.2 Å². The molecular weight excluding hydrogens is 479 g/mol. The molecule has 0 amide bonds. The standard InChI is InChI=1S/C25H20F3N3O3S/c1-2-19(24(33)34)35-21-13-17(25(26,27)28)22-18(32)14-20(29-15-9-5-3-6-10-15)31(23(22)30-21)16-11-7-4-8-12-16/h3-14,19,29H,2H2,1H3,(H,33,34). The van der Waals surface area contributed by atoms with Crippen LogP contribution in [-0.2, 0) is 11.0 Å². The highest BCUT2D eigenvalue weighted by Gasteiger charge is 2.36. The van der Waals surface area contributed by atoms with Crippen LogP contribution in [-0.4, -0.2) is 25.9 Å². The summed E-state index contributed by atoms with van der Waals surface area (Å²) in [6.07, 6.45) is -4.67. The van der Waals surface area contributed by atoms with Gasteiger partial charge >= 0.3 is 12.1 Å². The van der Waals surface area contributed by atoms with Crippen molar-refractivity contribution >= 4 is 40.3 Å². The molecular formula is C25H20F3N3O3S. The number of alkyl halides is 3. The van der Waals surface area contributed by atoms with Crippen LogP contribution in [0.4, 0.5) is 24.7 Å². The first kappa shape index (κ1) is 24.3. The number of aromatic nitrogens is 2. The summed E-state index contributed by atoms with van der Waals surface area (Å²) in [5.41, 5.74) is -1.14. The van der Waals surface area contributed by atoms with Crippen molar-refractivity contribution in [1.82, 2.24) is 9.55 Å². The Morgan fingerprint density at radius 1 is 1.09 bits per heavy atom. The van der Waals surface area contributed by atoms with E-state index in [1.165, 1.54) is 4.57 Å². The minimum Gasteiger partial charge on any atom is -0.480 e. The largest absolute Gasteiger partial charge is 0.480 e. The maximum absolute atomic E-state index is 14.1. The maximum Gasteiger partial charge on any atom is 0.417 e. The number of carboxylic acids is 1. The maximum atomic E-state index is 14.1. The molecule has 0 fully saturated rings. The molecule has 0 bridgehead atoms. The van der Waals surface area contributed by atoms with E-state index in [1.807, 2.05) is 6.07 Å². The summed E-state index contributed by atoms with van der Waals surface area (Å²) >= 11 is 0.715. The number of nitrogens with zero attached hydrogens (tertiary/aromatic N) is 2. The number of aliphatic carboxylic acids is 1. The summed E-state index contributed by atoms with van der Waals surface area (Å²) in [4.78, 5) is 29.0. The van der Waals surface area contributed by atoms with Crippen LogP contribution in [0.3, 0.4) is 0 Å². The molecule has 2 aromatic carbocycles. The summed E-state index contributed by atoms with van der Waals surface area (Å²) in [5.74, 6) is -0.944. The first-order valence-electron chi connectivity index (χ1n) is 10.6. The lowest BCUT2D eigenvalue weighted by Gasteiger charge is -2.20. The third kappa shape index (κ3) is 5.17. The van der Waals surface area contributed by atoms with Crippen LogP contribution in [0.2, 0.25) is 0 Å². The van der Waals surface area contributed by atoms with E-state index >= 15 is 0 Å². The zero-order valence-corrected chi connectivity index (χ0v) is 19.2. The van der Waals surface area contributed by atoms with Crippen molar-refractivity contribution < 1.29 is 23.1 Å². The topological polar surface area (TPSA) is 84.2 Å². The first-order chi connectivity index (χ1) is 16.7. The molecule has 1 atom stereocenters. The predicted octanol–water partition coefficient (Wildman–Crippen LogP) is 6.10. The second-order valence-corrected chi connectivity index (χ2v) is 8.84. The van der Waals surface area contributed by atoms with Gasteiger partial charge in [0, 0.05) is 17.4 Å². The van der Waals surface area contributed by atoms with Crippen LogP contribution in [0, 0.1) is 0 Å². The van der Waals surface area contributed by atoms with Crippen LogP contribution < -0.4 is 10.7 Å². The zero-order chi connectivity index (χ0) is 25.2. The highest BCUT2D eigenvalue weighted by Crippen LogP contribution is 2.38. The normalized spacial score (nSPS) is 12.5. The van der Waals surface area contributed by atoms with Crippen LogP contribution in [0.25, 0.3) is 16.7 Å². The molecule has 0 aliphatic carbocycles. The average molecular weight is 500 g/mol. The number of hydrogen-bond acceptors (Lipinski definition) is 5. The molecule has 2 heterocycles. The number of rotatable bonds is 7. The van der Waals surface area contributed by atoms with Crippen molar-refractivity contribution in [2.45, 2.75) is 29.8 Å². The molecule has 180 valence electrons. The van der Waals surface area contributed by atoms with Crippen molar-refractivity contribution in [3.63, 3.8) is 0 Å². The summed E-state index contributed by atoms with van der Waals surface area (Å²) in [6.45, 7) is 1.62. The number of hydrogen-bond donors (Lipinski definition) is 2. The minimum atomic E-state index is -4.86. The Kier molecular flexibility index (Phi) is 6.83. The lowest BCUT2D eigenvalue weighted by molar-refractivity contribution is -0.137. The van der Waals surface area contributed by atoms with Gasteiger partial charge in [0.15, 0.2) is 11.1 Å². The highest BCUT2D eigenvalue weighted by molar-refractivity contribution is 8.00. The number of para-hydroxylation sites is 2. The van der Waals surface area contributed by atoms with E-state index in [1.54, 1.807) is 61.5 Å². The number of anilines is 2. The molecule has 35 heavy (non-hydrogen) atoms. The Labute approximate surface area is 202 Å². The second kappa shape index (κ2) is 9.83. The quantitative estimate of drug-likeness (QED) is 0.299. The summed E-state index contributed by atoms with van der Waals surface area (Å²) < 4.78 is 43.8. The van der Waals surface area contributed by atoms with Crippen LogP contribution in [0.1, 0.15) is 18.9 Å². The fourth-order valence-electron chi connectivity index (χ4n) is 3.63. The number of halogens is 3. The number of benzene rings is 2. The summed E-state index contributed by atoms with van der Waals surface area (Å²) in [7, 11) is 0. The van der Waals surface area contributed by atoms with E-state index in [4.69, 9.17) is 0 Å². The summed E-state index contributed by atoms with van der Waals surface area (Å²) in [6, 6.07) is 19.3. The fourth-order valence-corrected chi connectivity index (χ4v) is 4.51. The van der Waals surface area contributed by atoms with Gasteiger partial charge in [-0.05, 0) is 36.8 Å². The number of fused-ring (bicyclic) bond motifs is 1. The monoisotopic (exact) mass is 499 g/mol. The van der Waals surface area contributed by atoms with E-state index in [0.717, 1.165) is 12.1 Å². The molecule has 4 aromatic rings. The van der Waals surface area contributed by atoms with Crippen LogP contribution in [0.5, 0.6) is 0 Å². The minimum absolute atomic E-state index is 0.139. The lowest BCUT2D eigenvalue weighted by Crippen LogP contribution is -2.20. The van der Waals surface area contributed by atoms with E-state index in [0.29, 0.717) is 23.1 Å². The van der Waals surface area contributed by atoms with E-state index in [9.17, 15) is 27.9 Å². The smallest absolute Gasteiger partial charge is 0.417 e. The molecule has 0 saturated heterocycles. The SMILES string of the molecule is CCC(Sc1cc(C(F)(F)F)c2c(=O)cc(Nc3ccccc3)n(-c3ccccc3)c2n1)C(=O)O. The number of carboxylic acid groups (broad SMARTS) is 1. The van der Waals surface area contributed by atoms with E-state index in [-0.39, 0.29) is 22.9 Å². The molecule has 10 heteroatoms. The van der Waals surface area contributed by atoms with Gasteiger partial charge in [-0.3, -0.25) is 14.2 Å².